The van der Waals surface area contributed by atoms with Gasteiger partial charge in [0.25, 0.3) is 5.91 Å². The van der Waals surface area contributed by atoms with E-state index in [0.717, 1.165) is 24.1 Å². The zero-order chi connectivity index (χ0) is 18.9. The van der Waals surface area contributed by atoms with Crippen LogP contribution in [0.25, 0.3) is 0 Å². The van der Waals surface area contributed by atoms with Crippen LogP contribution in [0.2, 0.25) is 0 Å². The molecule has 7 heteroatoms. The van der Waals surface area contributed by atoms with Crippen molar-refractivity contribution in [1.82, 2.24) is 9.36 Å². The van der Waals surface area contributed by atoms with Crippen molar-refractivity contribution in [3.05, 3.63) is 47.8 Å². The molecule has 0 atom stereocenters. The molecule has 3 rings (SSSR count). The van der Waals surface area contributed by atoms with E-state index in [4.69, 9.17) is 0 Å². The van der Waals surface area contributed by atoms with Crippen molar-refractivity contribution in [3.63, 3.8) is 0 Å². The molecule has 0 radical (unpaired) electrons. The second-order valence-electron chi connectivity index (χ2n) is 7.27. The van der Waals surface area contributed by atoms with Crippen molar-refractivity contribution < 1.29 is 9.59 Å². The lowest BCUT2D eigenvalue weighted by atomic mass is 9.96. The fourth-order valence-corrected chi connectivity index (χ4v) is 3.58. The third kappa shape index (κ3) is 3.67. The largest absolute Gasteiger partial charge is 0.309 e. The number of aromatic nitrogens is 2. The summed E-state index contributed by atoms with van der Waals surface area (Å²) in [5.41, 5.74) is 2.23. The molecule has 26 heavy (non-hydrogen) atoms. The molecule has 0 unspecified atom stereocenters. The van der Waals surface area contributed by atoms with Gasteiger partial charge in [-0.15, -0.1) is 0 Å². The highest BCUT2D eigenvalue weighted by molar-refractivity contribution is 7.09. The predicted octanol–water partition coefficient (Wildman–Crippen LogP) is 3.55. The zero-order valence-corrected chi connectivity index (χ0v) is 16.0. The van der Waals surface area contributed by atoms with Gasteiger partial charge < -0.3 is 4.90 Å². The number of rotatable bonds is 3. The number of fused-ring (bicyclic) bond motifs is 1. The Morgan fingerprint density at radius 1 is 1.35 bits per heavy atom. The number of carbonyl (C=O) groups is 2. The van der Waals surface area contributed by atoms with E-state index in [-0.39, 0.29) is 17.2 Å². The van der Waals surface area contributed by atoms with Crippen molar-refractivity contribution in [1.29, 1.82) is 0 Å². The van der Waals surface area contributed by atoms with Crippen LogP contribution in [0.3, 0.4) is 0 Å². The highest BCUT2D eigenvalue weighted by Crippen LogP contribution is 2.29. The summed E-state index contributed by atoms with van der Waals surface area (Å²) < 4.78 is 4.31. The number of amides is 2. The number of hydrogen-bond acceptors (Lipinski definition) is 5. The van der Waals surface area contributed by atoms with Crippen LogP contribution < -0.4 is 10.2 Å². The van der Waals surface area contributed by atoms with E-state index >= 15 is 0 Å². The van der Waals surface area contributed by atoms with Crippen molar-refractivity contribution >= 4 is 34.2 Å². The molecular weight excluding hydrogens is 348 g/mol. The monoisotopic (exact) mass is 370 g/mol. The van der Waals surface area contributed by atoms with E-state index in [0.29, 0.717) is 23.1 Å². The molecule has 2 aromatic rings. The molecule has 0 spiro atoms. The first-order chi connectivity index (χ1) is 12.3. The molecule has 1 aromatic carbocycles. The minimum atomic E-state index is -0.225. The van der Waals surface area contributed by atoms with Crippen LogP contribution in [0, 0.1) is 0 Å². The SMILES string of the molecule is C=CC(=O)N1CCCc2cc(C(=O)Nc3nc(C(C)(C)C)ns3)ccc21. The fraction of sp³-hybridized carbons (Fsp3) is 0.368. The van der Waals surface area contributed by atoms with Crippen LogP contribution in [-0.4, -0.2) is 27.7 Å². The summed E-state index contributed by atoms with van der Waals surface area (Å²) >= 11 is 1.18. The highest BCUT2D eigenvalue weighted by Gasteiger charge is 2.23. The summed E-state index contributed by atoms with van der Waals surface area (Å²) in [6, 6.07) is 5.40. The lowest BCUT2D eigenvalue weighted by Crippen LogP contribution is -2.34. The maximum Gasteiger partial charge on any atom is 0.257 e. The summed E-state index contributed by atoms with van der Waals surface area (Å²) in [7, 11) is 0. The van der Waals surface area contributed by atoms with Gasteiger partial charge in [0.1, 0.15) is 5.82 Å². The summed E-state index contributed by atoms with van der Waals surface area (Å²) in [4.78, 5) is 30.6. The summed E-state index contributed by atoms with van der Waals surface area (Å²) in [6.07, 6.45) is 3.02. The first-order valence-electron chi connectivity index (χ1n) is 8.52. The van der Waals surface area contributed by atoms with Gasteiger partial charge in [-0.2, -0.15) is 4.37 Å². The number of carbonyl (C=O) groups excluding carboxylic acids is 2. The number of hydrogen-bond donors (Lipinski definition) is 1. The molecule has 0 aliphatic carbocycles. The average molecular weight is 370 g/mol. The third-order valence-electron chi connectivity index (χ3n) is 4.22. The summed E-state index contributed by atoms with van der Waals surface area (Å²) in [5.74, 6) is 0.366. The first-order valence-corrected chi connectivity index (χ1v) is 9.29. The molecule has 6 nitrogen and oxygen atoms in total. The molecule has 1 N–H and O–H groups in total. The van der Waals surface area contributed by atoms with Gasteiger partial charge in [-0.25, -0.2) is 4.98 Å². The van der Waals surface area contributed by atoms with E-state index in [1.165, 1.54) is 17.6 Å². The van der Waals surface area contributed by atoms with Gasteiger partial charge in [0.15, 0.2) is 0 Å². The summed E-state index contributed by atoms with van der Waals surface area (Å²) in [5, 5.41) is 3.30. The van der Waals surface area contributed by atoms with E-state index in [1.807, 2.05) is 32.9 Å². The van der Waals surface area contributed by atoms with Crippen LogP contribution in [0.5, 0.6) is 0 Å². The maximum absolute atomic E-state index is 12.6. The Balaban J connectivity index is 1.80. The standard InChI is InChI=1S/C19H22N4O2S/c1-5-15(24)23-10-6-7-12-11-13(8-9-14(12)23)16(25)20-18-21-17(22-26-18)19(2,3)4/h5,8-9,11H,1,6-7,10H2,2-4H3,(H,20,21,22,25). The lowest BCUT2D eigenvalue weighted by molar-refractivity contribution is -0.114. The van der Waals surface area contributed by atoms with Crippen molar-refractivity contribution in [2.75, 3.05) is 16.8 Å². The van der Waals surface area contributed by atoms with Crippen molar-refractivity contribution in [3.8, 4) is 0 Å². The van der Waals surface area contributed by atoms with Crippen LogP contribution in [0.15, 0.2) is 30.9 Å². The zero-order valence-electron chi connectivity index (χ0n) is 15.2. The van der Waals surface area contributed by atoms with Gasteiger partial charge in [-0.1, -0.05) is 27.4 Å². The Labute approximate surface area is 157 Å². The molecule has 2 heterocycles. The van der Waals surface area contributed by atoms with Gasteiger partial charge in [-0.3, -0.25) is 14.9 Å². The molecule has 1 aliphatic heterocycles. The van der Waals surface area contributed by atoms with E-state index < -0.39 is 0 Å². The molecule has 1 aliphatic rings. The van der Waals surface area contributed by atoms with Crippen LogP contribution in [0.1, 0.15) is 48.9 Å². The number of aryl methyl sites for hydroxylation is 1. The number of anilines is 2. The molecule has 1 aromatic heterocycles. The third-order valence-corrected chi connectivity index (χ3v) is 4.85. The molecule has 0 saturated heterocycles. The maximum atomic E-state index is 12.6. The summed E-state index contributed by atoms with van der Waals surface area (Å²) in [6.45, 7) is 10.3. The van der Waals surface area contributed by atoms with E-state index in [9.17, 15) is 9.59 Å². The molecule has 136 valence electrons. The number of nitrogens with one attached hydrogen (secondary N) is 1. The Kier molecular flexibility index (Phi) is 4.91. The number of nitrogens with zero attached hydrogens (tertiary/aromatic N) is 3. The van der Waals surface area contributed by atoms with Gasteiger partial charge in [-0.05, 0) is 42.7 Å². The van der Waals surface area contributed by atoms with E-state index in [2.05, 4.69) is 21.3 Å². The molecular formula is C19H22N4O2S. The van der Waals surface area contributed by atoms with Gasteiger partial charge in [0, 0.05) is 34.7 Å². The smallest absolute Gasteiger partial charge is 0.257 e. The van der Waals surface area contributed by atoms with Crippen LogP contribution >= 0.6 is 11.5 Å². The van der Waals surface area contributed by atoms with Gasteiger partial charge in [0.05, 0.1) is 0 Å². The Bertz CT molecular complexity index is 867. The highest BCUT2D eigenvalue weighted by atomic mass is 32.1. The van der Waals surface area contributed by atoms with Gasteiger partial charge in [0.2, 0.25) is 11.0 Å². The second-order valence-corrected chi connectivity index (χ2v) is 8.02. The Morgan fingerprint density at radius 2 is 2.12 bits per heavy atom. The topological polar surface area (TPSA) is 75.2 Å². The molecule has 0 fully saturated rings. The van der Waals surface area contributed by atoms with Crippen LogP contribution in [-0.2, 0) is 16.6 Å². The Morgan fingerprint density at radius 3 is 2.77 bits per heavy atom. The molecule has 2 amide bonds. The van der Waals surface area contributed by atoms with Crippen molar-refractivity contribution in [2.45, 2.75) is 39.0 Å². The van der Waals surface area contributed by atoms with Crippen molar-refractivity contribution in [2.24, 2.45) is 0 Å². The van der Waals surface area contributed by atoms with Gasteiger partial charge >= 0.3 is 0 Å². The molecule has 0 bridgehead atoms. The predicted molar refractivity (Wildman–Crippen MR) is 104 cm³/mol. The quantitative estimate of drug-likeness (QED) is 0.839. The first kappa shape index (κ1) is 18.3. The second kappa shape index (κ2) is 6.99. The normalized spacial score (nSPS) is 13.9. The minimum Gasteiger partial charge on any atom is -0.309 e. The fourth-order valence-electron chi connectivity index (χ4n) is 2.83. The minimum absolute atomic E-state index is 0.119. The molecule has 0 saturated carbocycles. The van der Waals surface area contributed by atoms with E-state index in [1.54, 1.807) is 11.0 Å². The van der Waals surface area contributed by atoms with Crippen LogP contribution in [0.4, 0.5) is 10.8 Å². The Hall–Kier alpha value is -2.54. The lowest BCUT2D eigenvalue weighted by Gasteiger charge is -2.28. The number of benzene rings is 1. The average Bonchev–Trinajstić information content (AvgIpc) is 3.09.